The summed E-state index contributed by atoms with van der Waals surface area (Å²) in [5.74, 6) is -0.956. The molecule has 0 aromatic carbocycles. The Morgan fingerprint density at radius 3 is 2.63 bits per heavy atom. The number of thiophene rings is 1. The topological polar surface area (TPSA) is 83.5 Å². The summed E-state index contributed by atoms with van der Waals surface area (Å²) in [4.78, 5) is 11.1. The molecule has 1 aromatic heterocycles. The van der Waals surface area contributed by atoms with E-state index in [1.807, 2.05) is 6.92 Å². The van der Waals surface area contributed by atoms with Crippen LogP contribution in [-0.2, 0) is 21.2 Å². The molecule has 1 saturated carbocycles. The second-order valence-corrected chi connectivity index (χ2v) is 7.96. The van der Waals surface area contributed by atoms with E-state index >= 15 is 0 Å². The molecule has 7 heteroatoms. The van der Waals surface area contributed by atoms with Crippen LogP contribution in [0.25, 0.3) is 0 Å². The zero-order valence-corrected chi connectivity index (χ0v) is 12.3. The number of hydrogen-bond acceptors (Lipinski definition) is 4. The molecule has 5 nitrogen and oxygen atoms in total. The van der Waals surface area contributed by atoms with Gasteiger partial charge in [0.1, 0.15) is 4.21 Å². The van der Waals surface area contributed by atoms with Gasteiger partial charge in [0.25, 0.3) is 10.0 Å². The molecule has 0 amide bonds. The van der Waals surface area contributed by atoms with Gasteiger partial charge in [0.15, 0.2) is 0 Å². The van der Waals surface area contributed by atoms with Crippen molar-refractivity contribution in [2.45, 2.75) is 48.8 Å². The average Bonchev–Trinajstić information content (AvgIpc) is 2.72. The first-order valence-electron chi connectivity index (χ1n) is 6.21. The zero-order chi connectivity index (χ0) is 14.1. The van der Waals surface area contributed by atoms with Crippen LogP contribution in [0.4, 0.5) is 0 Å². The largest absolute Gasteiger partial charge is 0.481 e. The van der Waals surface area contributed by atoms with Crippen LogP contribution < -0.4 is 4.72 Å². The Balaban J connectivity index is 2.15. The van der Waals surface area contributed by atoms with Crippen molar-refractivity contribution in [3.63, 3.8) is 0 Å². The summed E-state index contributed by atoms with van der Waals surface area (Å²) >= 11 is 1.02. The van der Waals surface area contributed by atoms with Crippen molar-refractivity contribution >= 4 is 27.3 Å². The number of carboxylic acid groups (broad SMARTS) is 1. The van der Waals surface area contributed by atoms with E-state index in [0.29, 0.717) is 4.88 Å². The second-order valence-electron chi connectivity index (χ2n) is 4.88. The Morgan fingerprint density at radius 1 is 1.47 bits per heavy atom. The fraction of sp³-hybridized carbons (Fsp3) is 0.583. The second kappa shape index (κ2) is 5.22. The molecule has 0 saturated heterocycles. The summed E-state index contributed by atoms with van der Waals surface area (Å²) in [6.45, 7) is 1.98. The highest BCUT2D eigenvalue weighted by Gasteiger charge is 2.39. The van der Waals surface area contributed by atoms with Gasteiger partial charge in [0.05, 0.1) is 6.42 Å². The molecule has 0 radical (unpaired) electrons. The number of aliphatic carboxylic acids is 1. The monoisotopic (exact) mass is 303 g/mol. The molecule has 2 rings (SSSR count). The lowest BCUT2D eigenvalue weighted by Crippen LogP contribution is -2.52. The molecule has 1 aromatic rings. The summed E-state index contributed by atoms with van der Waals surface area (Å²) in [6.07, 6.45) is 3.43. The highest BCUT2D eigenvalue weighted by Crippen LogP contribution is 2.36. The number of hydrogen-bond donors (Lipinski definition) is 2. The first-order valence-corrected chi connectivity index (χ1v) is 8.51. The minimum absolute atomic E-state index is 0.140. The van der Waals surface area contributed by atoms with Crippen molar-refractivity contribution in [1.29, 1.82) is 0 Å². The molecule has 1 heterocycles. The third kappa shape index (κ3) is 3.16. The molecule has 1 aliphatic rings. The van der Waals surface area contributed by atoms with Crippen LogP contribution in [0.1, 0.15) is 37.5 Å². The predicted molar refractivity (Wildman–Crippen MR) is 72.9 cm³/mol. The van der Waals surface area contributed by atoms with E-state index in [9.17, 15) is 13.2 Å². The van der Waals surface area contributed by atoms with Crippen molar-refractivity contribution in [2.75, 3.05) is 0 Å². The minimum Gasteiger partial charge on any atom is -0.481 e. The van der Waals surface area contributed by atoms with Gasteiger partial charge in [-0.15, -0.1) is 11.3 Å². The van der Waals surface area contributed by atoms with E-state index in [4.69, 9.17) is 5.11 Å². The maximum Gasteiger partial charge on any atom is 0.308 e. The third-order valence-corrected chi connectivity index (χ3v) is 6.72. The lowest BCUT2D eigenvalue weighted by Gasteiger charge is -2.41. The normalized spacial score (nSPS) is 17.9. The molecule has 106 valence electrons. The minimum atomic E-state index is -3.53. The van der Waals surface area contributed by atoms with E-state index in [0.717, 1.165) is 37.0 Å². The number of sulfonamides is 1. The summed E-state index contributed by atoms with van der Waals surface area (Å²) in [5.41, 5.74) is -0.296. The molecule has 2 N–H and O–H groups in total. The number of rotatable bonds is 6. The standard InChI is InChI=1S/C12H17NO4S2/c1-2-12(6-3-7-12)13-19(16,17)11-5-4-9(18-11)8-10(14)15/h4-5,13H,2-3,6-8H2,1H3,(H,14,15). The van der Waals surface area contributed by atoms with Crippen molar-refractivity contribution in [2.24, 2.45) is 0 Å². The van der Waals surface area contributed by atoms with Crippen LogP contribution in [0.15, 0.2) is 16.3 Å². The Hall–Kier alpha value is -0.920. The van der Waals surface area contributed by atoms with Crippen LogP contribution in [0.3, 0.4) is 0 Å². The van der Waals surface area contributed by atoms with Gasteiger partial charge in [0.2, 0.25) is 0 Å². The van der Waals surface area contributed by atoms with Gasteiger partial charge in [-0.2, -0.15) is 0 Å². The van der Waals surface area contributed by atoms with Crippen LogP contribution in [0.2, 0.25) is 0 Å². The van der Waals surface area contributed by atoms with Gasteiger partial charge in [-0.3, -0.25) is 4.79 Å². The zero-order valence-electron chi connectivity index (χ0n) is 10.7. The number of carboxylic acids is 1. The molecule has 0 bridgehead atoms. The summed E-state index contributed by atoms with van der Waals surface area (Å²) in [5, 5.41) is 8.69. The first-order chi connectivity index (χ1) is 8.87. The number of carbonyl (C=O) groups is 1. The van der Waals surface area contributed by atoms with Crippen molar-refractivity contribution in [3.05, 3.63) is 17.0 Å². The molecule has 0 spiro atoms. The van der Waals surface area contributed by atoms with Crippen molar-refractivity contribution in [1.82, 2.24) is 4.72 Å². The molecule has 0 aliphatic heterocycles. The quantitative estimate of drug-likeness (QED) is 0.842. The highest BCUT2D eigenvalue weighted by molar-refractivity contribution is 7.91. The molecule has 19 heavy (non-hydrogen) atoms. The summed E-state index contributed by atoms with van der Waals surface area (Å²) < 4.78 is 27.5. The maximum absolute atomic E-state index is 12.3. The van der Waals surface area contributed by atoms with Crippen LogP contribution >= 0.6 is 11.3 Å². The lowest BCUT2D eigenvalue weighted by atomic mass is 9.76. The first kappa shape index (κ1) is 14.5. The smallest absolute Gasteiger partial charge is 0.308 e. The van der Waals surface area contributed by atoms with E-state index in [2.05, 4.69) is 4.72 Å². The van der Waals surface area contributed by atoms with Gasteiger partial charge in [-0.1, -0.05) is 6.92 Å². The third-order valence-electron chi connectivity index (χ3n) is 3.57. The van der Waals surface area contributed by atoms with Gasteiger partial charge in [-0.05, 0) is 37.8 Å². The predicted octanol–water partition coefficient (Wildman–Crippen LogP) is 1.99. The molecule has 0 atom stereocenters. The maximum atomic E-state index is 12.3. The van der Waals surface area contributed by atoms with Gasteiger partial charge in [0, 0.05) is 10.4 Å². The van der Waals surface area contributed by atoms with Crippen LogP contribution in [-0.4, -0.2) is 25.0 Å². The Morgan fingerprint density at radius 2 is 2.16 bits per heavy atom. The van der Waals surface area contributed by atoms with E-state index in [1.165, 1.54) is 6.07 Å². The SMILES string of the molecule is CCC1(NS(=O)(=O)c2ccc(CC(=O)O)s2)CCC1. The molecule has 1 fully saturated rings. The molecular formula is C12H17NO4S2. The lowest BCUT2D eigenvalue weighted by molar-refractivity contribution is -0.136. The van der Waals surface area contributed by atoms with E-state index < -0.39 is 16.0 Å². The Labute approximate surface area is 116 Å². The fourth-order valence-electron chi connectivity index (χ4n) is 2.21. The van der Waals surface area contributed by atoms with Crippen LogP contribution in [0.5, 0.6) is 0 Å². The van der Waals surface area contributed by atoms with Gasteiger partial charge in [-0.25, -0.2) is 13.1 Å². The van der Waals surface area contributed by atoms with Crippen molar-refractivity contribution in [3.8, 4) is 0 Å². The average molecular weight is 303 g/mol. The van der Waals surface area contributed by atoms with Gasteiger partial charge >= 0.3 is 5.97 Å². The highest BCUT2D eigenvalue weighted by atomic mass is 32.2. The Kier molecular flexibility index (Phi) is 3.98. The van der Waals surface area contributed by atoms with E-state index in [1.54, 1.807) is 6.07 Å². The number of nitrogens with one attached hydrogen (secondary N) is 1. The molecular weight excluding hydrogens is 286 g/mol. The summed E-state index contributed by atoms with van der Waals surface area (Å²) in [6, 6.07) is 3.04. The van der Waals surface area contributed by atoms with Crippen LogP contribution in [0, 0.1) is 0 Å². The van der Waals surface area contributed by atoms with E-state index in [-0.39, 0.29) is 16.2 Å². The Bertz CT molecular complexity index is 567. The van der Waals surface area contributed by atoms with Crippen molar-refractivity contribution < 1.29 is 18.3 Å². The van der Waals surface area contributed by atoms with Gasteiger partial charge < -0.3 is 5.11 Å². The molecule has 1 aliphatic carbocycles. The molecule has 0 unspecified atom stereocenters. The summed E-state index contributed by atoms with van der Waals surface area (Å²) in [7, 11) is -3.53. The fourth-order valence-corrected chi connectivity index (χ4v) is 5.09.